The van der Waals surface area contributed by atoms with Crippen molar-refractivity contribution in [1.82, 2.24) is 15.1 Å². The molecule has 196 valence electrons. The molecule has 2 aliphatic heterocycles. The molecular weight excluding hydrogens is 469 g/mol. The predicted molar refractivity (Wildman–Crippen MR) is 134 cm³/mol. The summed E-state index contributed by atoms with van der Waals surface area (Å²) in [5.41, 5.74) is 2.01. The van der Waals surface area contributed by atoms with E-state index < -0.39 is 6.36 Å². The number of amides is 1. The van der Waals surface area contributed by atoms with E-state index in [0.29, 0.717) is 44.2 Å². The molecule has 2 aromatic carbocycles. The van der Waals surface area contributed by atoms with Crippen molar-refractivity contribution in [2.45, 2.75) is 38.2 Å². The maximum absolute atomic E-state index is 12.7. The van der Waals surface area contributed by atoms with Gasteiger partial charge in [-0.25, -0.2) is 0 Å². The van der Waals surface area contributed by atoms with Gasteiger partial charge in [-0.3, -0.25) is 9.69 Å². The fourth-order valence-electron chi connectivity index (χ4n) is 5.12. The number of anilines is 1. The van der Waals surface area contributed by atoms with E-state index in [1.165, 1.54) is 17.7 Å². The molecule has 4 rings (SSSR count). The number of hydrogen-bond acceptors (Lipinski definition) is 5. The number of ether oxygens (including phenoxy) is 1. The SMILES string of the molecule is CN(CCNC(=O)C1CCN(c2cccc(OC(F)(F)F)c2)CC1)[C@@H]1CCN(Cc2ccccc2)C1. The van der Waals surface area contributed by atoms with Crippen LogP contribution < -0.4 is 15.0 Å². The molecule has 6 nitrogen and oxygen atoms in total. The Bertz CT molecular complexity index is 980. The largest absolute Gasteiger partial charge is 0.573 e. The summed E-state index contributed by atoms with van der Waals surface area (Å²) in [5.74, 6) is -0.238. The minimum absolute atomic E-state index is 0.0642. The molecular formula is C27H35F3N4O2. The Morgan fingerprint density at radius 1 is 1.06 bits per heavy atom. The molecule has 2 aromatic rings. The van der Waals surface area contributed by atoms with Crippen LogP contribution in [0.15, 0.2) is 54.6 Å². The highest BCUT2D eigenvalue weighted by Gasteiger charge is 2.32. The van der Waals surface area contributed by atoms with Crippen molar-refractivity contribution in [3.63, 3.8) is 0 Å². The molecule has 1 atom stereocenters. The van der Waals surface area contributed by atoms with E-state index in [0.717, 1.165) is 32.6 Å². The van der Waals surface area contributed by atoms with E-state index >= 15 is 0 Å². The number of carbonyl (C=O) groups excluding carboxylic acids is 1. The quantitative estimate of drug-likeness (QED) is 0.557. The van der Waals surface area contributed by atoms with E-state index in [2.05, 4.69) is 51.2 Å². The van der Waals surface area contributed by atoms with Gasteiger partial charge in [0.15, 0.2) is 0 Å². The molecule has 0 aliphatic carbocycles. The molecule has 1 amide bonds. The van der Waals surface area contributed by atoms with Gasteiger partial charge in [-0.2, -0.15) is 0 Å². The number of halogens is 3. The third-order valence-electron chi connectivity index (χ3n) is 7.17. The molecule has 2 saturated heterocycles. The Balaban J connectivity index is 1.15. The minimum atomic E-state index is -4.71. The number of rotatable bonds is 9. The first-order chi connectivity index (χ1) is 17.3. The molecule has 0 bridgehead atoms. The fraction of sp³-hybridized carbons (Fsp3) is 0.519. The molecule has 0 saturated carbocycles. The van der Waals surface area contributed by atoms with Crippen LogP contribution in [0.5, 0.6) is 5.75 Å². The number of likely N-dealkylation sites (tertiary alicyclic amines) is 1. The number of piperidine rings is 1. The number of likely N-dealkylation sites (N-methyl/N-ethyl adjacent to an activating group) is 1. The van der Waals surface area contributed by atoms with Crippen LogP contribution in [0.2, 0.25) is 0 Å². The zero-order valence-corrected chi connectivity index (χ0v) is 20.7. The summed E-state index contributed by atoms with van der Waals surface area (Å²) in [6.45, 7) is 5.74. The summed E-state index contributed by atoms with van der Waals surface area (Å²) in [4.78, 5) is 19.5. The van der Waals surface area contributed by atoms with Crippen molar-refractivity contribution >= 4 is 11.6 Å². The highest BCUT2D eigenvalue weighted by Crippen LogP contribution is 2.29. The molecule has 2 aliphatic rings. The van der Waals surface area contributed by atoms with Gasteiger partial charge in [-0.05, 0) is 44.0 Å². The lowest BCUT2D eigenvalue weighted by Gasteiger charge is -2.33. The molecule has 0 spiro atoms. The van der Waals surface area contributed by atoms with Gasteiger partial charge in [-0.1, -0.05) is 36.4 Å². The van der Waals surface area contributed by atoms with Crippen LogP contribution in [0, 0.1) is 5.92 Å². The van der Waals surface area contributed by atoms with Crippen LogP contribution >= 0.6 is 0 Å². The molecule has 0 unspecified atom stereocenters. The van der Waals surface area contributed by atoms with Crippen molar-refractivity contribution in [2.75, 3.05) is 51.2 Å². The average Bonchev–Trinajstić information content (AvgIpc) is 3.32. The summed E-state index contributed by atoms with van der Waals surface area (Å²) in [5, 5.41) is 3.09. The van der Waals surface area contributed by atoms with Crippen LogP contribution in [0.25, 0.3) is 0 Å². The lowest BCUT2D eigenvalue weighted by Crippen LogP contribution is -2.44. The maximum atomic E-state index is 12.7. The van der Waals surface area contributed by atoms with Crippen molar-refractivity contribution < 1.29 is 22.7 Å². The van der Waals surface area contributed by atoms with Crippen molar-refractivity contribution in [3.05, 3.63) is 60.2 Å². The molecule has 0 aromatic heterocycles. The van der Waals surface area contributed by atoms with E-state index in [4.69, 9.17) is 0 Å². The van der Waals surface area contributed by atoms with Gasteiger partial charge >= 0.3 is 6.36 Å². The average molecular weight is 505 g/mol. The first-order valence-electron chi connectivity index (χ1n) is 12.6. The second-order valence-corrected chi connectivity index (χ2v) is 9.74. The summed E-state index contributed by atoms with van der Waals surface area (Å²) in [6, 6.07) is 17.0. The van der Waals surface area contributed by atoms with Gasteiger partial charge in [0.25, 0.3) is 0 Å². The normalized spacial score (nSPS) is 19.6. The van der Waals surface area contributed by atoms with Gasteiger partial charge < -0.3 is 19.9 Å². The number of hydrogen-bond donors (Lipinski definition) is 1. The Hall–Kier alpha value is -2.78. The molecule has 2 heterocycles. The lowest BCUT2D eigenvalue weighted by atomic mass is 9.95. The summed E-state index contributed by atoms with van der Waals surface area (Å²) in [7, 11) is 2.12. The highest BCUT2D eigenvalue weighted by atomic mass is 19.4. The number of benzene rings is 2. The standard InChI is InChI=1S/C27H35F3N4O2/c1-32(24-12-14-33(20-24)19-21-6-3-2-4-7-21)17-13-31-26(35)22-10-15-34(16-11-22)23-8-5-9-25(18-23)36-27(28,29)30/h2-9,18,22,24H,10-17,19-20H2,1H3,(H,31,35)/t24-/m1/s1. The number of nitrogens with one attached hydrogen (secondary N) is 1. The van der Waals surface area contributed by atoms with E-state index in [1.54, 1.807) is 12.1 Å². The smallest absolute Gasteiger partial charge is 0.406 e. The number of alkyl halides is 3. The highest BCUT2D eigenvalue weighted by molar-refractivity contribution is 5.79. The lowest BCUT2D eigenvalue weighted by molar-refractivity contribution is -0.274. The molecule has 36 heavy (non-hydrogen) atoms. The molecule has 1 N–H and O–H groups in total. The Labute approximate surface area is 211 Å². The van der Waals surface area contributed by atoms with Crippen LogP contribution in [-0.4, -0.2) is 74.4 Å². The second kappa shape index (κ2) is 12.0. The topological polar surface area (TPSA) is 48.1 Å². The number of nitrogens with zero attached hydrogens (tertiary/aromatic N) is 3. The van der Waals surface area contributed by atoms with Crippen LogP contribution in [0.4, 0.5) is 18.9 Å². The number of carbonyl (C=O) groups is 1. The van der Waals surface area contributed by atoms with Gasteiger partial charge in [-0.15, -0.1) is 13.2 Å². The monoisotopic (exact) mass is 504 g/mol. The van der Waals surface area contributed by atoms with E-state index in [-0.39, 0.29) is 17.6 Å². The van der Waals surface area contributed by atoms with Crippen LogP contribution in [-0.2, 0) is 11.3 Å². The van der Waals surface area contributed by atoms with E-state index in [1.807, 2.05) is 11.0 Å². The van der Waals surface area contributed by atoms with Gasteiger partial charge in [0.2, 0.25) is 5.91 Å². The van der Waals surface area contributed by atoms with Crippen LogP contribution in [0.3, 0.4) is 0 Å². The van der Waals surface area contributed by atoms with Crippen LogP contribution in [0.1, 0.15) is 24.8 Å². The third kappa shape index (κ3) is 7.61. The third-order valence-corrected chi connectivity index (χ3v) is 7.17. The fourth-order valence-corrected chi connectivity index (χ4v) is 5.12. The minimum Gasteiger partial charge on any atom is -0.406 e. The second-order valence-electron chi connectivity index (χ2n) is 9.74. The Kier molecular flexibility index (Phi) is 8.74. The van der Waals surface area contributed by atoms with Crippen molar-refractivity contribution in [2.24, 2.45) is 5.92 Å². The van der Waals surface area contributed by atoms with Crippen molar-refractivity contribution in [1.29, 1.82) is 0 Å². The van der Waals surface area contributed by atoms with Gasteiger partial charge in [0.05, 0.1) is 0 Å². The predicted octanol–water partition coefficient (Wildman–Crippen LogP) is 4.12. The van der Waals surface area contributed by atoms with E-state index in [9.17, 15) is 18.0 Å². The zero-order chi connectivity index (χ0) is 25.5. The molecule has 9 heteroatoms. The first kappa shape index (κ1) is 26.3. The summed E-state index contributed by atoms with van der Waals surface area (Å²) in [6.07, 6.45) is -2.24. The maximum Gasteiger partial charge on any atom is 0.573 e. The Morgan fingerprint density at radius 3 is 2.53 bits per heavy atom. The zero-order valence-electron chi connectivity index (χ0n) is 20.7. The van der Waals surface area contributed by atoms with Gasteiger partial charge in [0.1, 0.15) is 5.75 Å². The molecule has 0 radical (unpaired) electrons. The molecule has 2 fully saturated rings. The summed E-state index contributed by atoms with van der Waals surface area (Å²) >= 11 is 0. The first-order valence-corrected chi connectivity index (χ1v) is 12.6. The summed E-state index contributed by atoms with van der Waals surface area (Å²) < 4.78 is 41.5. The van der Waals surface area contributed by atoms with Crippen molar-refractivity contribution in [3.8, 4) is 5.75 Å². The Morgan fingerprint density at radius 2 is 1.81 bits per heavy atom. The van der Waals surface area contributed by atoms with Gasteiger partial charge in [0, 0.05) is 69.5 Å².